The fourth-order valence-electron chi connectivity index (χ4n) is 3.92. The highest BCUT2D eigenvalue weighted by Gasteiger charge is 2.42. The Kier molecular flexibility index (Phi) is 7.31. The molecule has 2 aliphatic rings. The molecule has 3 rings (SSSR count). The number of rotatable bonds is 7. The fourth-order valence-corrected chi connectivity index (χ4v) is 3.92. The highest BCUT2D eigenvalue weighted by atomic mass is 16.5. The minimum atomic E-state index is -0.00186. The summed E-state index contributed by atoms with van der Waals surface area (Å²) in [6.45, 7) is 10.2. The van der Waals surface area contributed by atoms with Crippen LogP contribution >= 0.6 is 0 Å². The normalized spacial score (nSPS) is 22.1. The fraction of sp³-hybridized carbons (Fsp3) is 0.636. The number of guanidine groups is 1. The Hall–Kier alpha value is -2.08. The first-order valence-electron chi connectivity index (χ1n) is 10.6. The molecule has 28 heavy (non-hydrogen) atoms. The Morgan fingerprint density at radius 2 is 2.04 bits per heavy atom. The minimum absolute atomic E-state index is 0.00186. The number of nitrogens with one attached hydrogen (secondary N) is 2. The van der Waals surface area contributed by atoms with Crippen LogP contribution < -0.4 is 10.6 Å². The molecule has 6 nitrogen and oxygen atoms in total. The largest absolute Gasteiger partial charge is 0.381 e. The van der Waals surface area contributed by atoms with Gasteiger partial charge in [0, 0.05) is 43.8 Å². The standard InChI is InChI=1S/C22H34N4O2/c1-3-5-12-24-20(27)19-8-6-18(7-9-19)15-25-21(23-4-2)26-13-10-22(16-26)11-14-28-17-22/h6-9H,3-5,10-17H2,1-2H3,(H,23,25)(H,24,27). The molecule has 2 N–H and O–H groups in total. The van der Waals surface area contributed by atoms with E-state index in [0.717, 1.165) is 70.2 Å². The van der Waals surface area contributed by atoms with Crippen LogP contribution in [0.25, 0.3) is 0 Å². The molecule has 2 fully saturated rings. The predicted octanol–water partition coefficient (Wildman–Crippen LogP) is 2.79. The summed E-state index contributed by atoms with van der Waals surface area (Å²) in [5.74, 6) is 0.977. The molecule has 2 aliphatic heterocycles. The first-order valence-corrected chi connectivity index (χ1v) is 10.6. The van der Waals surface area contributed by atoms with Crippen LogP contribution in [-0.4, -0.2) is 56.2 Å². The Morgan fingerprint density at radius 3 is 2.71 bits per heavy atom. The van der Waals surface area contributed by atoms with Crippen molar-refractivity contribution < 1.29 is 9.53 Å². The third-order valence-electron chi connectivity index (χ3n) is 5.70. The van der Waals surface area contributed by atoms with Crippen molar-refractivity contribution >= 4 is 11.9 Å². The summed E-state index contributed by atoms with van der Waals surface area (Å²) in [4.78, 5) is 19.3. The zero-order valence-electron chi connectivity index (χ0n) is 17.3. The number of hydrogen-bond donors (Lipinski definition) is 2. The predicted molar refractivity (Wildman–Crippen MR) is 113 cm³/mol. The van der Waals surface area contributed by atoms with Crippen molar-refractivity contribution in [3.63, 3.8) is 0 Å². The second-order valence-electron chi connectivity index (χ2n) is 7.95. The van der Waals surface area contributed by atoms with Crippen molar-refractivity contribution in [3.05, 3.63) is 35.4 Å². The van der Waals surface area contributed by atoms with Gasteiger partial charge in [-0.05, 0) is 43.9 Å². The third-order valence-corrected chi connectivity index (χ3v) is 5.70. The highest BCUT2D eigenvalue weighted by Crippen LogP contribution is 2.38. The van der Waals surface area contributed by atoms with Gasteiger partial charge in [0.2, 0.25) is 0 Å². The maximum absolute atomic E-state index is 12.1. The second kappa shape index (κ2) is 9.92. The van der Waals surface area contributed by atoms with Gasteiger partial charge in [-0.15, -0.1) is 0 Å². The van der Waals surface area contributed by atoms with Crippen molar-refractivity contribution in [1.82, 2.24) is 15.5 Å². The summed E-state index contributed by atoms with van der Waals surface area (Å²) in [7, 11) is 0. The molecule has 0 aromatic heterocycles. The molecule has 0 radical (unpaired) electrons. The number of unbranched alkanes of at least 4 members (excludes halogenated alkanes) is 1. The molecule has 1 atom stereocenters. The van der Waals surface area contributed by atoms with Gasteiger partial charge in [-0.25, -0.2) is 4.99 Å². The topological polar surface area (TPSA) is 66.0 Å². The summed E-state index contributed by atoms with van der Waals surface area (Å²) in [6.07, 6.45) is 4.43. The lowest BCUT2D eigenvalue weighted by Crippen LogP contribution is -2.41. The molecule has 1 unspecified atom stereocenters. The van der Waals surface area contributed by atoms with E-state index in [2.05, 4.69) is 29.4 Å². The van der Waals surface area contributed by atoms with Gasteiger partial charge in [0.25, 0.3) is 5.91 Å². The van der Waals surface area contributed by atoms with E-state index in [1.165, 1.54) is 6.42 Å². The smallest absolute Gasteiger partial charge is 0.251 e. The average molecular weight is 387 g/mol. The molecule has 154 valence electrons. The van der Waals surface area contributed by atoms with Gasteiger partial charge in [0.05, 0.1) is 13.2 Å². The lowest BCUT2D eigenvalue weighted by atomic mass is 9.87. The van der Waals surface area contributed by atoms with Gasteiger partial charge in [-0.2, -0.15) is 0 Å². The molecular formula is C22H34N4O2. The van der Waals surface area contributed by atoms with Gasteiger partial charge in [0.15, 0.2) is 5.96 Å². The van der Waals surface area contributed by atoms with Gasteiger partial charge >= 0.3 is 0 Å². The molecular weight excluding hydrogens is 352 g/mol. The number of hydrogen-bond acceptors (Lipinski definition) is 3. The van der Waals surface area contributed by atoms with Crippen LogP contribution in [0, 0.1) is 5.41 Å². The van der Waals surface area contributed by atoms with Crippen LogP contribution in [0.4, 0.5) is 0 Å². The summed E-state index contributed by atoms with van der Waals surface area (Å²) in [5.41, 5.74) is 2.14. The molecule has 0 saturated carbocycles. The van der Waals surface area contributed by atoms with Crippen LogP contribution in [0.2, 0.25) is 0 Å². The molecule has 0 aliphatic carbocycles. The van der Waals surface area contributed by atoms with Crippen molar-refractivity contribution in [2.45, 2.75) is 46.1 Å². The maximum atomic E-state index is 12.1. The quantitative estimate of drug-likeness (QED) is 0.430. The van der Waals surface area contributed by atoms with Gasteiger partial charge in [-0.3, -0.25) is 4.79 Å². The number of nitrogens with zero attached hydrogens (tertiary/aromatic N) is 2. The first kappa shape index (κ1) is 20.6. The first-order chi connectivity index (χ1) is 13.7. The molecule has 1 aromatic carbocycles. The Labute approximate surface area is 168 Å². The highest BCUT2D eigenvalue weighted by molar-refractivity contribution is 5.94. The van der Waals surface area contributed by atoms with E-state index in [1.807, 2.05) is 24.3 Å². The van der Waals surface area contributed by atoms with Crippen LogP contribution in [0.1, 0.15) is 55.5 Å². The number of likely N-dealkylation sites (tertiary alicyclic amines) is 1. The SMILES string of the molecule is CCCCNC(=O)c1ccc(CN=C(NCC)N2CCC3(CCOC3)C2)cc1. The number of carbonyl (C=O) groups is 1. The van der Waals surface area contributed by atoms with Crippen molar-refractivity contribution in [2.24, 2.45) is 10.4 Å². The van der Waals surface area contributed by atoms with Crippen LogP contribution in [0.15, 0.2) is 29.3 Å². The monoisotopic (exact) mass is 386 g/mol. The third kappa shape index (κ3) is 5.25. The number of benzene rings is 1. The van der Waals surface area contributed by atoms with Crippen molar-refractivity contribution in [1.29, 1.82) is 0 Å². The van der Waals surface area contributed by atoms with E-state index in [-0.39, 0.29) is 5.91 Å². The van der Waals surface area contributed by atoms with Crippen LogP contribution in [-0.2, 0) is 11.3 Å². The maximum Gasteiger partial charge on any atom is 0.251 e. The van der Waals surface area contributed by atoms with Gasteiger partial charge in [0.1, 0.15) is 0 Å². The number of amides is 1. The zero-order chi connectivity index (χ0) is 19.8. The van der Waals surface area contributed by atoms with Crippen molar-refractivity contribution in [2.75, 3.05) is 39.4 Å². The zero-order valence-corrected chi connectivity index (χ0v) is 17.3. The van der Waals surface area contributed by atoms with E-state index in [4.69, 9.17) is 9.73 Å². The summed E-state index contributed by atoms with van der Waals surface area (Å²) >= 11 is 0. The minimum Gasteiger partial charge on any atom is -0.381 e. The lowest BCUT2D eigenvalue weighted by Gasteiger charge is -2.25. The molecule has 0 bridgehead atoms. The van der Waals surface area contributed by atoms with E-state index >= 15 is 0 Å². The molecule has 6 heteroatoms. The Bertz CT molecular complexity index is 666. The molecule has 1 spiro atoms. The van der Waals surface area contributed by atoms with E-state index in [9.17, 15) is 4.79 Å². The summed E-state index contributed by atoms with van der Waals surface area (Å²) in [6, 6.07) is 7.77. The van der Waals surface area contributed by atoms with Crippen LogP contribution in [0.5, 0.6) is 0 Å². The van der Waals surface area contributed by atoms with Gasteiger partial charge < -0.3 is 20.3 Å². The van der Waals surface area contributed by atoms with E-state index < -0.39 is 0 Å². The summed E-state index contributed by atoms with van der Waals surface area (Å²) in [5, 5.41) is 6.38. The number of aliphatic imine (C=N–C) groups is 1. The van der Waals surface area contributed by atoms with E-state index in [0.29, 0.717) is 17.5 Å². The molecule has 1 amide bonds. The van der Waals surface area contributed by atoms with Crippen molar-refractivity contribution in [3.8, 4) is 0 Å². The number of ether oxygens (including phenoxy) is 1. The molecule has 2 heterocycles. The average Bonchev–Trinajstić information content (AvgIpc) is 3.35. The van der Waals surface area contributed by atoms with E-state index in [1.54, 1.807) is 0 Å². The lowest BCUT2D eigenvalue weighted by molar-refractivity contribution is 0.0953. The van der Waals surface area contributed by atoms with Gasteiger partial charge in [-0.1, -0.05) is 25.5 Å². The Balaban J connectivity index is 1.58. The Morgan fingerprint density at radius 1 is 1.21 bits per heavy atom. The number of carbonyl (C=O) groups excluding carboxylic acids is 1. The second-order valence-corrected chi connectivity index (χ2v) is 7.95. The molecule has 2 saturated heterocycles. The summed E-state index contributed by atoms with van der Waals surface area (Å²) < 4.78 is 5.64. The van der Waals surface area contributed by atoms with Crippen LogP contribution in [0.3, 0.4) is 0 Å². The molecule has 1 aromatic rings.